The molecule has 2 aromatic heterocycles. The average Bonchev–Trinajstić information content (AvgIpc) is 2.64. The second-order valence-corrected chi connectivity index (χ2v) is 6.85. The van der Waals surface area contributed by atoms with Crippen LogP contribution in [0.15, 0.2) is 36.8 Å². The Bertz CT molecular complexity index is 628. The largest absolute Gasteiger partial charge is 0.396 e. The SMILES string of the molecule is CCCC1(CO)CCCN(Cc2cnc(-c3ccccn3)nc2)C1. The Balaban J connectivity index is 1.65. The van der Waals surface area contributed by atoms with Gasteiger partial charge < -0.3 is 5.11 Å². The molecule has 1 saturated heterocycles. The molecule has 0 amide bonds. The highest BCUT2D eigenvalue weighted by Gasteiger charge is 2.34. The number of aromatic nitrogens is 3. The number of nitrogens with zero attached hydrogens (tertiary/aromatic N) is 4. The van der Waals surface area contributed by atoms with Crippen LogP contribution in [0.1, 0.15) is 38.2 Å². The number of rotatable bonds is 6. The van der Waals surface area contributed by atoms with E-state index in [9.17, 15) is 5.11 Å². The Hall–Kier alpha value is -1.85. The zero-order valence-corrected chi connectivity index (χ0v) is 14.4. The highest BCUT2D eigenvalue weighted by Crippen LogP contribution is 2.34. The summed E-state index contributed by atoms with van der Waals surface area (Å²) >= 11 is 0. The second kappa shape index (κ2) is 7.81. The van der Waals surface area contributed by atoms with Gasteiger partial charge in [0.05, 0.1) is 0 Å². The summed E-state index contributed by atoms with van der Waals surface area (Å²) in [7, 11) is 0. The molecular formula is C19H26N4O. The maximum Gasteiger partial charge on any atom is 0.178 e. The third-order valence-corrected chi connectivity index (χ3v) is 4.86. The first-order valence-corrected chi connectivity index (χ1v) is 8.80. The lowest BCUT2D eigenvalue weighted by molar-refractivity contribution is 0.0215. The van der Waals surface area contributed by atoms with E-state index in [1.165, 1.54) is 0 Å². The van der Waals surface area contributed by atoms with Gasteiger partial charge in [-0.15, -0.1) is 0 Å². The lowest BCUT2D eigenvalue weighted by atomic mass is 9.77. The third kappa shape index (κ3) is 3.97. The zero-order chi connectivity index (χ0) is 16.8. The predicted octanol–water partition coefficient (Wildman–Crippen LogP) is 2.91. The van der Waals surface area contributed by atoms with Crippen LogP contribution in [-0.2, 0) is 6.54 Å². The molecule has 3 rings (SSSR count). The molecule has 1 N–H and O–H groups in total. The summed E-state index contributed by atoms with van der Waals surface area (Å²) in [5, 5.41) is 9.86. The number of piperidine rings is 1. The highest BCUT2D eigenvalue weighted by molar-refractivity contribution is 5.47. The van der Waals surface area contributed by atoms with Crippen LogP contribution in [0.3, 0.4) is 0 Å². The summed E-state index contributed by atoms with van der Waals surface area (Å²) in [6, 6.07) is 5.74. The summed E-state index contributed by atoms with van der Waals surface area (Å²) in [5.74, 6) is 0.661. The molecule has 128 valence electrons. The van der Waals surface area contributed by atoms with Crippen LogP contribution in [0, 0.1) is 5.41 Å². The van der Waals surface area contributed by atoms with Gasteiger partial charge >= 0.3 is 0 Å². The number of hydrogen-bond acceptors (Lipinski definition) is 5. The van der Waals surface area contributed by atoms with E-state index in [2.05, 4.69) is 26.8 Å². The fraction of sp³-hybridized carbons (Fsp3) is 0.526. The zero-order valence-electron chi connectivity index (χ0n) is 14.4. The molecule has 0 aromatic carbocycles. The summed E-state index contributed by atoms with van der Waals surface area (Å²) in [5.41, 5.74) is 1.98. The number of hydrogen-bond donors (Lipinski definition) is 1. The van der Waals surface area contributed by atoms with E-state index in [1.54, 1.807) is 6.20 Å². The first-order valence-electron chi connectivity index (χ1n) is 8.80. The van der Waals surface area contributed by atoms with Crippen LogP contribution in [0.5, 0.6) is 0 Å². The Kier molecular flexibility index (Phi) is 5.53. The minimum Gasteiger partial charge on any atom is -0.396 e. The van der Waals surface area contributed by atoms with Crippen LogP contribution in [0.2, 0.25) is 0 Å². The van der Waals surface area contributed by atoms with E-state index in [0.717, 1.165) is 56.6 Å². The van der Waals surface area contributed by atoms with E-state index in [1.807, 2.05) is 30.6 Å². The molecule has 3 heterocycles. The predicted molar refractivity (Wildman–Crippen MR) is 94.2 cm³/mol. The number of likely N-dealkylation sites (tertiary alicyclic amines) is 1. The number of aliphatic hydroxyl groups is 1. The van der Waals surface area contributed by atoms with E-state index in [-0.39, 0.29) is 12.0 Å². The minimum atomic E-state index is 0.0712. The monoisotopic (exact) mass is 326 g/mol. The summed E-state index contributed by atoms with van der Waals surface area (Å²) in [4.78, 5) is 15.6. The summed E-state index contributed by atoms with van der Waals surface area (Å²) in [6.07, 6.45) is 10.0. The minimum absolute atomic E-state index is 0.0712. The van der Waals surface area contributed by atoms with Crippen molar-refractivity contribution in [1.29, 1.82) is 0 Å². The Labute approximate surface area is 143 Å². The van der Waals surface area contributed by atoms with Gasteiger partial charge in [-0.05, 0) is 37.9 Å². The van der Waals surface area contributed by atoms with Gasteiger partial charge in [0.15, 0.2) is 5.82 Å². The van der Waals surface area contributed by atoms with Gasteiger partial charge in [0.25, 0.3) is 0 Å². The molecule has 1 aliphatic rings. The van der Waals surface area contributed by atoms with Gasteiger partial charge in [-0.25, -0.2) is 9.97 Å². The first kappa shape index (κ1) is 17.0. The smallest absolute Gasteiger partial charge is 0.178 e. The van der Waals surface area contributed by atoms with Crippen molar-refractivity contribution in [2.24, 2.45) is 5.41 Å². The topological polar surface area (TPSA) is 62.1 Å². The molecule has 0 bridgehead atoms. The molecule has 0 radical (unpaired) electrons. The van der Waals surface area contributed by atoms with Gasteiger partial charge in [0, 0.05) is 49.3 Å². The molecule has 0 spiro atoms. The molecule has 0 saturated carbocycles. The summed E-state index contributed by atoms with van der Waals surface area (Å²) < 4.78 is 0. The fourth-order valence-electron chi connectivity index (χ4n) is 3.71. The van der Waals surface area contributed by atoms with E-state index in [0.29, 0.717) is 5.82 Å². The maximum absolute atomic E-state index is 9.86. The van der Waals surface area contributed by atoms with Crippen molar-refractivity contribution in [2.45, 2.75) is 39.2 Å². The van der Waals surface area contributed by atoms with Crippen LogP contribution >= 0.6 is 0 Å². The van der Waals surface area contributed by atoms with Gasteiger partial charge in [0.2, 0.25) is 0 Å². The first-order chi connectivity index (χ1) is 11.7. The van der Waals surface area contributed by atoms with Crippen LogP contribution in [0.4, 0.5) is 0 Å². The second-order valence-electron chi connectivity index (χ2n) is 6.85. The lowest BCUT2D eigenvalue weighted by Crippen LogP contribution is -2.44. The fourth-order valence-corrected chi connectivity index (χ4v) is 3.71. The van der Waals surface area contributed by atoms with Crippen molar-refractivity contribution >= 4 is 0 Å². The summed E-state index contributed by atoms with van der Waals surface area (Å²) in [6.45, 7) is 5.35. The molecule has 1 unspecified atom stereocenters. The Morgan fingerprint density at radius 1 is 1.21 bits per heavy atom. The van der Waals surface area contributed by atoms with Gasteiger partial charge in [0.1, 0.15) is 5.69 Å². The van der Waals surface area contributed by atoms with Crippen LogP contribution in [-0.4, -0.2) is 44.7 Å². The van der Waals surface area contributed by atoms with E-state index >= 15 is 0 Å². The van der Waals surface area contributed by atoms with Crippen LogP contribution in [0.25, 0.3) is 11.5 Å². The van der Waals surface area contributed by atoms with Gasteiger partial charge in [-0.1, -0.05) is 19.4 Å². The van der Waals surface area contributed by atoms with Crippen molar-refractivity contribution in [3.8, 4) is 11.5 Å². The van der Waals surface area contributed by atoms with Crippen LogP contribution < -0.4 is 0 Å². The van der Waals surface area contributed by atoms with E-state index < -0.39 is 0 Å². The normalized spacial score (nSPS) is 21.8. The molecule has 2 aromatic rings. The van der Waals surface area contributed by atoms with Crippen molar-refractivity contribution in [3.63, 3.8) is 0 Å². The van der Waals surface area contributed by atoms with E-state index in [4.69, 9.17) is 0 Å². The van der Waals surface area contributed by atoms with Crippen molar-refractivity contribution < 1.29 is 5.11 Å². The quantitative estimate of drug-likeness (QED) is 0.884. The maximum atomic E-state index is 9.86. The number of aliphatic hydroxyl groups excluding tert-OH is 1. The average molecular weight is 326 g/mol. The molecule has 1 aliphatic heterocycles. The Morgan fingerprint density at radius 3 is 2.71 bits per heavy atom. The molecule has 1 atom stereocenters. The van der Waals surface area contributed by atoms with Gasteiger partial charge in [-0.2, -0.15) is 0 Å². The molecule has 0 aliphatic carbocycles. The molecule has 5 nitrogen and oxygen atoms in total. The molecule has 5 heteroatoms. The Morgan fingerprint density at radius 2 is 2.04 bits per heavy atom. The molecule has 1 fully saturated rings. The molecule has 24 heavy (non-hydrogen) atoms. The molecular weight excluding hydrogens is 300 g/mol. The van der Waals surface area contributed by atoms with Crippen molar-refractivity contribution in [1.82, 2.24) is 19.9 Å². The highest BCUT2D eigenvalue weighted by atomic mass is 16.3. The lowest BCUT2D eigenvalue weighted by Gasteiger charge is -2.42. The number of pyridine rings is 1. The van der Waals surface area contributed by atoms with Gasteiger partial charge in [-0.3, -0.25) is 9.88 Å². The van der Waals surface area contributed by atoms with Crippen molar-refractivity contribution in [2.75, 3.05) is 19.7 Å². The third-order valence-electron chi connectivity index (χ3n) is 4.86. The van der Waals surface area contributed by atoms with Crippen molar-refractivity contribution in [3.05, 3.63) is 42.4 Å². The standard InChI is InChI=1S/C19H26N4O/c1-2-7-19(15-24)8-5-10-23(14-19)13-16-11-21-18(22-12-16)17-6-3-4-9-20-17/h3-4,6,9,11-12,24H,2,5,7-8,10,13-15H2,1H3.